The molecule has 7 heteroatoms. The standard InChI is InChI=1S/C21H16N2O4S/c24-19-10-11-21(23(19)15-8-4-5-9-17(15)28-21)20(25)26-13-18-22-12-16(27-18)14-6-2-1-3-7-14/h1-9,12H,10-11,13H2/t21-/m0/s1. The minimum Gasteiger partial charge on any atom is -0.453 e. The van der Waals surface area contributed by atoms with Gasteiger partial charge in [-0.25, -0.2) is 9.78 Å². The van der Waals surface area contributed by atoms with Gasteiger partial charge in [-0.15, -0.1) is 0 Å². The van der Waals surface area contributed by atoms with Gasteiger partial charge in [0.15, 0.2) is 17.2 Å². The number of hydrogen-bond acceptors (Lipinski definition) is 6. The number of benzene rings is 2. The number of fused-ring (bicyclic) bond motifs is 3. The minimum absolute atomic E-state index is 0.0584. The van der Waals surface area contributed by atoms with Crippen molar-refractivity contribution in [2.75, 3.05) is 4.90 Å². The number of oxazole rings is 1. The molecule has 5 rings (SSSR count). The van der Waals surface area contributed by atoms with Gasteiger partial charge in [0.25, 0.3) is 0 Å². The Balaban J connectivity index is 1.34. The van der Waals surface area contributed by atoms with Crippen molar-refractivity contribution in [3.8, 4) is 11.3 Å². The van der Waals surface area contributed by atoms with Crippen molar-refractivity contribution in [1.82, 2.24) is 4.98 Å². The molecule has 0 radical (unpaired) electrons. The highest BCUT2D eigenvalue weighted by Gasteiger charge is 2.58. The second kappa shape index (κ2) is 6.53. The summed E-state index contributed by atoms with van der Waals surface area (Å²) in [6, 6.07) is 17.1. The number of aromatic nitrogens is 1. The lowest BCUT2D eigenvalue weighted by molar-refractivity contribution is -0.148. The third kappa shape index (κ3) is 2.62. The van der Waals surface area contributed by atoms with Gasteiger partial charge in [-0.1, -0.05) is 54.2 Å². The monoisotopic (exact) mass is 392 g/mol. The zero-order valence-corrected chi connectivity index (χ0v) is 15.6. The molecule has 3 heterocycles. The maximum absolute atomic E-state index is 13.0. The Morgan fingerprint density at radius 1 is 1.18 bits per heavy atom. The first-order valence-corrected chi connectivity index (χ1v) is 9.77. The maximum Gasteiger partial charge on any atom is 0.344 e. The largest absolute Gasteiger partial charge is 0.453 e. The molecule has 0 bridgehead atoms. The van der Waals surface area contributed by atoms with Gasteiger partial charge in [-0.2, -0.15) is 0 Å². The fraction of sp³-hybridized carbons (Fsp3) is 0.190. The van der Waals surface area contributed by atoms with Crippen LogP contribution in [0.1, 0.15) is 18.7 Å². The highest BCUT2D eigenvalue weighted by Crippen LogP contribution is 2.56. The minimum atomic E-state index is -1.03. The number of nitrogens with zero attached hydrogens (tertiary/aromatic N) is 2. The summed E-state index contributed by atoms with van der Waals surface area (Å²) in [5.41, 5.74) is 1.68. The van der Waals surface area contributed by atoms with Crippen LogP contribution < -0.4 is 4.90 Å². The number of esters is 1. The molecule has 0 unspecified atom stereocenters. The number of para-hydroxylation sites is 1. The molecule has 3 aromatic rings. The van der Waals surface area contributed by atoms with E-state index in [0.29, 0.717) is 24.5 Å². The molecule has 2 aromatic carbocycles. The van der Waals surface area contributed by atoms with Crippen LogP contribution in [-0.4, -0.2) is 21.7 Å². The summed E-state index contributed by atoms with van der Waals surface area (Å²) in [5.74, 6) is 0.431. The molecule has 0 N–H and O–H groups in total. The van der Waals surface area contributed by atoms with E-state index in [1.54, 1.807) is 11.1 Å². The van der Waals surface area contributed by atoms with E-state index in [4.69, 9.17) is 9.15 Å². The average Bonchev–Trinajstić information content (AvgIpc) is 3.41. The number of hydrogen-bond donors (Lipinski definition) is 0. The van der Waals surface area contributed by atoms with Crippen molar-refractivity contribution in [3.05, 3.63) is 66.7 Å². The number of amides is 1. The summed E-state index contributed by atoms with van der Waals surface area (Å²) in [7, 11) is 0. The van der Waals surface area contributed by atoms with Crippen LogP contribution in [0.3, 0.4) is 0 Å². The SMILES string of the molecule is O=C1CC[C@@]2(C(=O)OCc3ncc(-c4ccccc4)o3)Sc3ccccc3N12. The number of carbonyl (C=O) groups is 2. The second-order valence-electron chi connectivity index (χ2n) is 6.64. The van der Waals surface area contributed by atoms with Crippen molar-refractivity contribution in [2.24, 2.45) is 0 Å². The summed E-state index contributed by atoms with van der Waals surface area (Å²) < 4.78 is 11.2. The fourth-order valence-corrected chi connectivity index (χ4v) is 5.04. The molecule has 1 amide bonds. The van der Waals surface area contributed by atoms with E-state index in [0.717, 1.165) is 16.1 Å². The van der Waals surface area contributed by atoms with E-state index >= 15 is 0 Å². The van der Waals surface area contributed by atoms with Crippen molar-refractivity contribution in [1.29, 1.82) is 0 Å². The molecule has 1 atom stereocenters. The normalized spacial score (nSPS) is 20.1. The van der Waals surface area contributed by atoms with Gasteiger partial charge in [0.1, 0.15) is 0 Å². The van der Waals surface area contributed by atoms with Crippen molar-refractivity contribution < 1.29 is 18.7 Å². The molecule has 1 aromatic heterocycles. The van der Waals surface area contributed by atoms with Gasteiger partial charge in [-0.05, 0) is 12.1 Å². The van der Waals surface area contributed by atoms with Crippen molar-refractivity contribution in [2.45, 2.75) is 29.2 Å². The van der Waals surface area contributed by atoms with Crippen LogP contribution in [0.15, 0.2) is 70.1 Å². The van der Waals surface area contributed by atoms with Gasteiger partial charge in [0.2, 0.25) is 11.8 Å². The predicted molar refractivity (Wildman–Crippen MR) is 103 cm³/mol. The lowest BCUT2D eigenvalue weighted by Crippen LogP contribution is -2.47. The van der Waals surface area contributed by atoms with Crippen LogP contribution in [0.4, 0.5) is 5.69 Å². The molecule has 0 spiro atoms. The lowest BCUT2D eigenvalue weighted by Gasteiger charge is -2.28. The summed E-state index contributed by atoms with van der Waals surface area (Å²) in [5, 5.41) is 0. The zero-order valence-electron chi connectivity index (χ0n) is 14.8. The van der Waals surface area contributed by atoms with E-state index < -0.39 is 10.8 Å². The van der Waals surface area contributed by atoms with E-state index in [1.807, 2.05) is 54.6 Å². The first-order chi connectivity index (χ1) is 13.7. The zero-order chi connectivity index (χ0) is 19.1. The topological polar surface area (TPSA) is 72.6 Å². The Hall–Kier alpha value is -3.06. The van der Waals surface area contributed by atoms with Crippen LogP contribution in [-0.2, 0) is 20.9 Å². The molecule has 28 heavy (non-hydrogen) atoms. The summed E-state index contributed by atoms with van der Waals surface area (Å²) in [6.45, 7) is -0.0770. The number of ether oxygens (including phenoxy) is 1. The van der Waals surface area contributed by atoms with Crippen LogP contribution in [0.2, 0.25) is 0 Å². The quantitative estimate of drug-likeness (QED) is 0.625. The summed E-state index contributed by atoms with van der Waals surface area (Å²) in [4.78, 5) is 31.1. The van der Waals surface area contributed by atoms with Gasteiger partial charge < -0.3 is 9.15 Å². The van der Waals surface area contributed by atoms with E-state index in [1.165, 1.54) is 11.8 Å². The van der Waals surface area contributed by atoms with Crippen molar-refractivity contribution >= 4 is 29.3 Å². The maximum atomic E-state index is 13.0. The molecule has 1 fully saturated rings. The van der Waals surface area contributed by atoms with E-state index in [-0.39, 0.29) is 12.5 Å². The van der Waals surface area contributed by atoms with Crippen molar-refractivity contribution in [3.63, 3.8) is 0 Å². The van der Waals surface area contributed by atoms with Gasteiger partial charge >= 0.3 is 5.97 Å². The van der Waals surface area contributed by atoms with Crippen LogP contribution in [0.5, 0.6) is 0 Å². The van der Waals surface area contributed by atoms with Gasteiger partial charge in [-0.3, -0.25) is 9.69 Å². The molecule has 1 saturated heterocycles. The number of carbonyl (C=O) groups excluding carboxylic acids is 2. The Morgan fingerprint density at radius 2 is 1.96 bits per heavy atom. The lowest BCUT2D eigenvalue weighted by atomic mass is 10.2. The molecular formula is C21H16N2O4S. The second-order valence-corrected chi connectivity index (χ2v) is 7.96. The first-order valence-electron chi connectivity index (χ1n) is 8.96. The Kier molecular flexibility index (Phi) is 3.98. The van der Waals surface area contributed by atoms with Gasteiger partial charge in [0.05, 0.1) is 11.9 Å². The summed E-state index contributed by atoms with van der Waals surface area (Å²) >= 11 is 1.38. The van der Waals surface area contributed by atoms with Gasteiger partial charge in [0, 0.05) is 23.3 Å². The fourth-order valence-electron chi connectivity index (χ4n) is 3.63. The highest BCUT2D eigenvalue weighted by atomic mass is 32.2. The van der Waals surface area contributed by atoms with Crippen LogP contribution >= 0.6 is 11.8 Å². The molecular weight excluding hydrogens is 376 g/mol. The molecule has 6 nitrogen and oxygen atoms in total. The third-order valence-electron chi connectivity index (χ3n) is 4.93. The highest BCUT2D eigenvalue weighted by molar-refractivity contribution is 8.02. The number of thioether (sulfide) groups is 1. The van der Waals surface area contributed by atoms with E-state index in [2.05, 4.69) is 4.98 Å². The molecule has 140 valence electrons. The Morgan fingerprint density at radius 3 is 2.82 bits per heavy atom. The van der Waals surface area contributed by atoms with Crippen LogP contribution in [0, 0.1) is 0 Å². The predicted octanol–water partition coefficient (Wildman–Crippen LogP) is 4.01. The smallest absolute Gasteiger partial charge is 0.344 e. The Labute approximate surface area is 165 Å². The Bertz CT molecular complexity index is 1070. The molecule has 2 aliphatic rings. The average molecular weight is 392 g/mol. The summed E-state index contributed by atoms with van der Waals surface area (Å²) in [6.07, 6.45) is 2.36. The number of anilines is 1. The molecule has 2 aliphatic heterocycles. The van der Waals surface area contributed by atoms with E-state index in [9.17, 15) is 9.59 Å². The third-order valence-corrected chi connectivity index (χ3v) is 6.39. The molecule has 0 saturated carbocycles. The number of rotatable bonds is 4. The molecule has 0 aliphatic carbocycles. The first kappa shape index (κ1) is 17.1. The van der Waals surface area contributed by atoms with Crippen LogP contribution in [0.25, 0.3) is 11.3 Å².